The highest BCUT2D eigenvalue weighted by Gasteiger charge is 2.37. The van der Waals surface area contributed by atoms with Crippen LogP contribution in [0.2, 0.25) is 0 Å². The summed E-state index contributed by atoms with van der Waals surface area (Å²) in [4.78, 5) is 18.4. The fraction of sp³-hybridized carbons (Fsp3) is 0.227. The molecule has 0 atom stereocenters. The number of carbonyl (C=O) groups is 1. The number of hydrogen-bond acceptors (Lipinski definition) is 6. The number of methoxy groups -OCH3 is 1. The molecule has 0 fully saturated rings. The van der Waals surface area contributed by atoms with Gasteiger partial charge in [0.05, 0.1) is 39.8 Å². The van der Waals surface area contributed by atoms with E-state index in [0.717, 1.165) is 12.4 Å². The summed E-state index contributed by atoms with van der Waals surface area (Å²) in [7, 11) is 1.36. The number of halogens is 5. The molecule has 35 heavy (non-hydrogen) atoms. The first-order chi connectivity index (χ1) is 16.5. The van der Waals surface area contributed by atoms with E-state index in [1.54, 1.807) is 0 Å². The lowest BCUT2D eigenvalue weighted by molar-refractivity contribution is -0.137. The predicted octanol–water partition coefficient (Wildman–Crippen LogP) is 5.58. The van der Waals surface area contributed by atoms with E-state index in [2.05, 4.69) is 15.3 Å². The van der Waals surface area contributed by atoms with Crippen LogP contribution >= 0.6 is 11.3 Å². The van der Waals surface area contributed by atoms with Crippen molar-refractivity contribution in [1.29, 1.82) is 0 Å². The average molecular weight is 512 g/mol. The monoisotopic (exact) mass is 512 g/mol. The molecular formula is C22H17F5N4O3S. The van der Waals surface area contributed by atoms with E-state index in [0.29, 0.717) is 11.3 Å². The zero-order chi connectivity index (χ0) is 25.5. The molecule has 7 nitrogen and oxygen atoms in total. The van der Waals surface area contributed by atoms with Crippen molar-refractivity contribution in [3.8, 4) is 16.3 Å². The molecular weight excluding hydrogens is 495 g/mol. The van der Waals surface area contributed by atoms with Gasteiger partial charge < -0.3 is 19.7 Å². The lowest BCUT2D eigenvalue weighted by Gasteiger charge is -2.11. The molecule has 0 saturated carbocycles. The average Bonchev–Trinajstić information content (AvgIpc) is 3.37. The molecule has 0 aliphatic heterocycles. The number of rotatable bonds is 7. The quantitative estimate of drug-likeness (QED) is 0.314. The largest absolute Gasteiger partial charge is 0.496 e. The molecule has 4 aromatic rings. The van der Waals surface area contributed by atoms with E-state index in [4.69, 9.17) is 9.84 Å². The standard InChI is InChI=1S/C22H17F5N4O3S/c1-10-18(24)17-14(34-2)4-3-12(23)19(17)31(10)6-5-28-16-8-13(29-9-30-16)15-7-11(22(25,26)27)20(35-15)21(32)33/h3-4,7-9H,5-6H2,1-2H3,(H,32,33)(H,28,29,30). The number of anilines is 1. The number of nitrogens with one attached hydrogen (secondary N) is 1. The Bertz CT molecular complexity index is 1430. The second kappa shape index (κ2) is 9.13. The molecule has 13 heteroatoms. The number of carboxylic acids is 1. The zero-order valence-electron chi connectivity index (χ0n) is 18.2. The molecule has 1 aromatic carbocycles. The normalized spacial score (nSPS) is 11.7. The van der Waals surface area contributed by atoms with E-state index in [-0.39, 0.29) is 51.8 Å². The molecule has 2 N–H and O–H groups in total. The smallest absolute Gasteiger partial charge is 0.418 e. The van der Waals surface area contributed by atoms with Gasteiger partial charge in [-0.05, 0) is 25.1 Å². The number of aromatic nitrogens is 3. The van der Waals surface area contributed by atoms with Crippen LogP contribution in [0.1, 0.15) is 20.9 Å². The second-order valence-corrected chi connectivity index (χ2v) is 8.45. The number of nitrogens with zero attached hydrogens (tertiary/aromatic N) is 3. The maximum atomic E-state index is 14.8. The van der Waals surface area contributed by atoms with Crippen LogP contribution in [0.15, 0.2) is 30.6 Å². The molecule has 4 rings (SSSR count). The van der Waals surface area contributed by atoms with Crippen LogP contribution < -0.4 is 10.1 Å². The molecule has 3 heterocycles. The fourth-order valence-electron chi connectivity index (χ4n) is 3.71. The van der Waals surface area contributed by atoms with E-state index in [1.165, 1.54) is 36.8 Å². The van der Waals surface area contributed by atoms with Crippen LogP contribution in [0.25, 0.3) is 21.5 Å². The van der Waals surface area contributed by atoms with Crippen LogP contribution in [0.3, 0.4) is 0 Å². The molecule has 0 aliphatic rings. The summed E-state index contributed by atoms with van der Waals surface area (Å²) < 4.78 is 75.5. The van der Waals surface area contributed by atoms with Gasteiger partial charge in [0.1, 0.15) is 28.6 Å². The number of benzene rings is 1. The first-order valence-electron chi connectivity index (χ1n) is 10.0. The summed E-state index contributed by atoms with van der Waals surface area (Å²) in [6, 6.07) is 4.62. The highest BCUT2D eigenvalue weighted by molar-refractivity contribution is 7.17. The molecule has 184 valence electrons. The first kappa shape index (κ1) is 24.4. The number of thiophene rings is 1. The van der Waals surface area contributed by atoms with Crippen molar-refractivity contribution < 1.29 is 36.6 Å². The summed E-state index contributed by atoms with van der Waals surface area (Å²) in [5.74, 6) is -2.48. The van der Waals surface area contributed by atoms with Gasteiger partial charge in [-0.3, -0.25) is 0 Å². The van der Waals surface area contributed by atoms with Gasteiger partial charge in [0.15, 0.2) is 5.82 Å². The Kier molecular flexibility index (Phi) is 6.36. The molecule has 0 amide bonds. The third kappa shape index (κ3) is 4.50. The molecule has 0 unspecified atom stereocenters. The zero-order valence-corrected chi connectivity index (χ0v) is 19.0. The van der Waals surface area contributed by atoms with Crippen LogP contribution in [0.5, 0.6) is 5.75 Å². The van der Waals surface area contributed by atoms with Crippen molar-refractivity contribution in [2.24, 2.45) is 0 Å². The molecule has 0 aliphatic carbocycles. The van der Waals surface area contributed by atoms with Gasteiger partial charge in [0.25, 0.3) is 0 Å². The van der Waals surface area contributed by atoms with Gasteiger partial charge in [-0.25, -0.2) is 23.5 Å². The summed E-state index contributed by atoms with van der Waals surface area (Å²) in [6.45, 7) is 1.80. The van der Waals surface area contributed by atoms with Crippen molar-refractivity contribution >= 4 is 34.0 Å². The Balaban J connectivity index is 1.58. The predicted molar refractivity (Wildman–Crippen MR) is 119 cm³/mol. The molecule has 0 spiro atoms. The van der Waals surface area contributed by atoms with Crippen molar-refractivity contribution in [2.75, 3.05) is 19.0 Å². The third-order valence-corrected chi connectivity index (χ3v) is 6.46. The second-order valence-electron chi connectivity index (χ2n) is 7.40. The molecule has 3 aromatic heterocycles. The van der Waals surface area contributed by atoms with E-state index >= 15 is 0 Å². The summed E-state index contributed by atoms with van der Waals surface area (Å²) in [5.41, 5.74) is -0.917. The minimum atomic E-state index is -4.83. The Labute approximate surface area is 198 Å². The molecule has 0 saturated heterocycles. The van der Waals surface area contributed by atoms with Gasteiger partial charge in [0.2, 0.25) is 0 Å². The van der Waals surface area contributed by atoms with Gasteiger partial charge in [-0.2, -0.15) is 13.2 Å². The summed E-state index contributed by atoms with van der Waals surface area (Å²) >= 11 is 0.451. The van der Waals surface area contributed by atoms with Gasteiger partial charge in [-0.15, -0.1) is 11.3 Å². The number of hydrogen-bond donors (Lipinski definition) is 2. The number of carboxylic acid groups (broad SMARTS) is 1. The van der Waals surface area contributed by atoms with Gasteiger partial charge >= 0.3 is 12.1 Å². The lowest BCUT2D eigenvalue weighted by atomic mass is 10.2. The lowest BCUT2D eigenvalue weighted by Crippen LogP contribution is -2.13. The van der Waals surface area contributed by atoms with Crippen LogP contribution in [-0.2, 0) is 12.7 Å². The highest BCUT2D eigenvalue weighted by Crippen LogP contribution is 2.40. The maximum Gasteiger partial charge on any atom is 0.418 e. The van der Waals surface area contributed by atoms with Crippen LogP contribution in [0, 0.1) is 18.6 Å². The highest BCUT2D eigenvalue weighted by atomic mass is 32.1. The van der Waals surface area contributed by atoms with Crippen LogP contribution in [0.4, 0.5) is 27.8 Å². The summed E-state index contributed by atoms with van der Waals surface area (Å²) in [6.07, 6.45) is -3.72. The first-order valence-corrected chi connectivity index (χ1v) is 10.9. The SMILES string of the molecule is COc1ccc(F)c2c1c(F)c(C)n2CCNc1cc(-c2cc(C(F)(F)F)c(C(=O)O)s2)ncn1. The number of ether oxygens (including phenoxy) is 1. The van der Waals surface area contributed by atoms with Gasteiger partial charge in [-0.1, -0.05) is 0 Å². The minimum absolute atomic E-state index is 0.00339. The van der Waals surface area contributed by atoms with Crippen molar-refractivity contribution in [3.05, 3.63) is 58.4 Å². The number of fused-ring (bicyclic) bond motifs is 1. The van der Waals surface area contributed by atoms with E-state index in [1.807, 2.05) is 0 Å². The number of alkyl halides is 3. The maximum absolute atomic E-state index is 14.8. The van der Waals surface area contributed by atoms with Gasteiger partial charge in [0, 0.05) is 19.2 Å². The Hall–Kier alpha value is -3.74. The topological polar surface area (TPSA) is 89.3 Å². The third-order valence-electron chi connectivity index (χ3n) is 5.32. The Morgan fingerprint density at radius 1 is 1.23 bits per heavy atom. The van der Waals surface area contributed by atoms with Crippen LogP contribution in [-0.4, -0.2) is 39.3 Å². The minimum Gasteiger partial charge on any atom is -0.496 e. The summed E-state index contributed by atoms with van der Waals surface area (Å²) in [5, 5.41) is 12.1. The van der Waals surface area contributed by atoms with E-state index in [9.17, 15) is 26.7 Å². The van der Waals surface area contributed by atoms with Crippen molar-refractivity contribution in [2.45, 2.75) is 19.6 Å². The Morgan fingerprint density at radius 2 is 1.97 bits per heavy atom. The number of aromatic carboxylic acids is 1. The molecule has 0 bridgehead atoms. The fourth-order valence-corrected chi connectivity index (χ4v) is 4.70. The van der Waals surface area contributed by atoms with E-state index < -0.39 is 34.2 Å². The van der Waals surface area contributed by atoms with Crippen molar-refractivity contribution in [1.82, 2.24) is 14.5 Å². The molecule has 0 radical (unpaired) electrons. The van der Waals surface area contributed by atoms with Crippen molar-refractivity contribution in [3.63, 3.8) is 0 Å². The Morgan fingerprint density at radius 3 is 2.60 bits per heavy atom.